The topological polar surface area (TPSA) is 52.3 Å². The summed E-state index contributed by atoms with van der Waals surface area (Å²) in [5.74, 6) is -0.327. The Morgan fingerprint density at radius 3 is 2.61 bits per heavy atom. The molecule has 1 aliphatic heterocycles. The highest BCUT2D eigenvalue weighted by Gasteiger charge is 2.44. The largest absolute Gasteiger partial charge is 0.381 e. The summed E-state index contributed by atoms with van der Waals surface area (Å²) in [5.41, 5.74) is 3.11. The molecule has 0 spiro atoms. The van der Waals surface area contributed by atoms with Gasteiger partial charge in [-0.3, -0.25) is 19.0 Å². The van der Waals surface area contributed by atoms with Gasteiger partial charge in [0.15, 0.2) is 0 Å². The predicted octanol–water partition coefficient (Wildman–Crippen LogP) is 4.33. The van der Waals surface area contributed by atoms with Crippen molar-refractivity contribution in [1.29, 1.82) is 0 Å². The maximum Gasteiger partial charge on any atom is 0.329 e. The first kappa shape index (κ1) is 23.6. The minimum atomic E-state index is -0.327. The Morgan fingerprint density at radius 2 is 1.94 bits per heavy atom. The number of pyridine rings is 1. The zero-order chi connectivity index (χ0) is 23.8. The first-order chi connectivity index (χ1) is 15.7. The minimum absolute atomic E-state index is 0.0885. The van der Waals surface area contributed by atoms with Crippen molar-refractivity contribution in [2.75, 3.05) is 26.3 Å². The fourth-order valence-corrected chi connectivity index (χ4v) is 5.12. The second-order valence-corrected chi connectivity index (χ2v) is 9.80. The van der Waals surface area contributed by atoms with Crippen molar-refractivity contribution >= 4 is 11.0 Å². The third-order valence-corrected chi connectivity index (χ3v) is 7.25. The number of imidazole rings is 1. The summed E-state index contributed by atoms with van der Waals surface area (Å²) in [7, 11) is 0. The molecule has 1 fully saturated rings. The van der Waals surface area contributed by atoms with E-state index in [1.54, 1.807) is 10.6 Å². The Labute approximate surface area is 195 Å². The summed E-state index contributed by atoms with van der Waals surface area (Å²) < 4.78 is 23.4. The van der Waals surface area contributed by atoms with E-state index in [0.29, 0.717) is 31.8 Å². The van der Waals surface area contributed by atoms with Gasteiger partial charge >= 0.3 is 5.69 Å². The molecule has 0 unspecified atom stereocenters. The lowest BCUT2D eigenvalue weighted by Gasteiger charge is -2.38. The van der Waals surface area contributed by atoms with Crippen LogP contribution >= 0.6 is 0 Å². The number of benzene rings is 1. The molecule has 178 valence electrons. The van der Waals surface area contributed by atoms with Gasteiger partial charge in [-0.2, -0.15) is 0 Å². The molecule has 3 heterocycles. The van der Waals surface area contributed by atoms with Crippen LogP contribution < -0.4 is 5.69 Å². The Bertz CT molecular complexity index is 1180. The third-order valence-electron chi connectivity index (χ3n) is 7.25. The zero-order valence-electron chi connectivity index (χ0n) is 20.4. The van der Waals surface area contributed by atoms with Crippen molar-refractivity contribution in [2.24, 2.45) is 5.41 Å². The lowest BCUT2D eigenvalue weighted by atomic mass is 9.87. The van der Waals surface area contributed by atoms with Crippen LogP contribution in [0.4, 0.5) is 4.39 Å². The number of likely N-dealkylation sites (tertiary alicyclic amines) is 1. The molecule has 1 atom stereocenters. The van der Waals surface area contributed by atoms with E-state index in [1.807, 2.05) is 31.5 Å². The highest BCUT2D eigenvalue weighted by Crippen LogP contribution is 2.40. The van der Waals surface area contributed by atoms with E-state index in [4.69, 9.17) is 4.74 Å². The molecular weight excluding hydrogens is 419 g/mol. The summed E-state index contributed by atoms with van der Waals surface area (Å²) in [6, 6.07) is 8.82. The number of rotatable bonds is 8. The molecule has 0 N–H and O–H groups in total. The first-order valence-electron chi connectivity index (χ1n) is 11.9. The van der Waals surface area contributed by atoms with Crippen molar-refractivity contribution in [3.63, 3.8) is 0 Å². The van der Waals surface area contributed by atoms with Crippen molar-refractivity contribution in [3.05, 3.63) is 64.1 Å². The van der Waals surface area contributed by atoms with Gasteiger partial charge in [0.2, 0.25) is 0 Å². The Hall–Kier alpha value is -2.51. The SMILES string of the molecule is CCOC[C@]1(Cn2c(=O)n(CC)c3cc(F)ccc32)CCN(C(C)(C)c2ccc(C)nc2)C1. The third kappa shape index (κ3) is 4.36. The molecule has 0 bridgehead atoms. The smallest absolute Gasteiger partial charge is 0.329 e. The van der Waals surface area contributed by atoms with Crippen LogP contribution in [0.3, 0.4) is 0 Å². The van der Waals surface area contributed by atoms with Crippen LogP contribution in [0.15, 0.2) is 41.3 Å². The van der Waals surface area contributed by atoms with E-state index >= 15 is 0 Å². The molecule has 4 rings (SSSR count). The maximum atomic E-state index is 14.0. The van der Waals surface area contributed by atoms with Gasteiger partial charge in [0.1, 0.15) is 5.82 Å². The number of aryl methyl sites for hydroxylation is 2. The molecule has 0 saturated carbocycles. The van der Waals surface area contributed by atoms with Crippen LogP contribution in [0.5, 0.6) is 0 Å². The van der Waals surface area contributed by atoms with E-state index in [1.165, 1.54) is 17.7 Å². The molecule has 2 aromatic heterocycles. The van der Waals surface area contributed by atoms with Gasteiger partial charge in [0, 0.05) is 49.1 Å². The molecule has 1 saturated heterocycles. The van der Waals surface area contributed by atoms with E-state index in [-0.39, 0.29) is 22.5 Å². The number of halogens is 1. The Morgan fingerprint density at radius 1 is 1.15 bits per heavy atom. The fourth-order valence-electron chi connectivity index (χ4n) is 5.12. The summed E-state index contributed by atoms with van der Waals surface area (Å²) in [5, 5.41) is 0. The summed E-state index contributed by atoms with van der Waals surface area (Å²) in [4.78, 5) is 20.3. The molecule has 3 aromatic rings. The number of aromatic nitrogens is 3. The van der Waals surface area contributed by atoms with Crippen LogP contribution in [0.1, 0.15) is 45.4 Å². The van der Waals surface area contributed by atoms with Crippen molar-refractivity contribution in [3.8, 4) is 0 Å². The molecule has 1 aromatic carbocycles. The van der Waals surface area contributed by atoms with Crippen LogP contribution in [0.2, 0.25) is 0 Å². The monoisotopic (exact) mass is 454 g/mol. The van der Waals surface area contributed by atoms with Gasteiger partial charge in [0.05, 0.1) is 17.6 Å². The van der Waals surface area contributed by atoms with Gasteiger partial charge < -0.3 is 4.74 Å². The van der Waals surface area contributed by atoms with Gasteiger partial charge in [-0.1, -0.05) is 6.07 Å². The van der Waals surface area contributed by atoms with E-state index in [0.717, 1.165) is 30.7 Å². The van der Waals surface area contributed by atoms with Crippen LogP contribution in [-0.2, 0) is 23.4 Å². The molecule has 6 nitrogen and oxygen atoms in total. The van der Waals surface area contributed by atoms with E-state index in [9.17, 15) is 9.18 Å². The lowest BCUT2D eigenvalue weighted by molar-refractivity contribution is 0.0333. The zero-order valence-corrected chi connectivity index (χ0v) is 20.4. The van der Waals surface area contributed by atoms with Crippen LogP contribution in [0.25, 0.3) is 11.0 Å². The van der Waals surface area contributed by atoms with Crippen molar-refractivity contribution in [2.45, 2.75) is 59.7 Å². The Balaban J connectivity index is 1.69. The van der Waals surface area contributed by atoms with E-state index < -0.39 is 0 Å². The summed E-state index contributed by atoms with van der Waals surface area (Å²) in [6.07, 6.45) is 2.88. The van der Waals surface area contributed by atoms with E-state index in [2.05, 4.69) is 35.9 Å². The van der Waals surface area contributed by atoms with Gasteiger partial charge in [-0.25, -0.2) is 9.18 Å². The number of nitrogens with zero attached hydrogens (tertiary/aromatic N) is 4. The highest BCUT2D eigenvalue weighted by molar-refractivity contribution is 5.76. The molecule has 33 heavy (non-hydrogen) atoms. The predicted molar refractivity (Wildman–Crippen MR) is 129 cm³/mol. The molecule has 0 amide bonds. The number of hydrogen-bond acceptors (Lipinski definition) is 4. The summed E-state index contributed by atoms with van der Waals surface area (Å²) >= 11 is 0. The molecular formula is C26H35FN4O2. The molecule has 0 aliphatic carbocycles. The second kappa shape index (κ2) is 9.03. The number of fused-ring (bicyclic) bond motifs is 1. The van der Waals surface area contributed by atoms with Gasteiger partial charge in [-0.15, -0.1) is 0 Å². The van der Waals surface area contributed by atoms with Gasteiger partial charge in [-0.05, 0) is 77.4 Å². The summed E-state index contributed by atoms with van der Waals surface area (Å²) in [6.45, 7) is 14.3. The van der Waals surface area contributed by atoms with Crippen LogP contribution in [-0.4, -0.2) is 45.3 Å². The molecule has 7 heteroatoms. The van der Waals surface area contributed by atoms with Gasteiger partial charge in [0.25, 0.3) is 0 Å². The quantitative estimate of drug-likeness (QED) is 0.508. The normalized spacial score (nSPS) is 19.6. The fraction of sp³-hybridized carbons (Fsp3) is 0.538. The minimum Gasteiger partial charge on any atom is -0.381 e. The lowest BCUT2D eigenvalue weighted by Crippen LogP contribution is -2.44. The Kier molecular flexibility index (Phi) is 6.47. The van der Waals surface area contributed by atoms with Crippen LogP contribution in [0, 0.1) is 18.2 Å². The first-order valence-corrected chi connectivity index (χ1v) is 11.9. The standard InChI is InChI=1S/C26H35FN4O2/c1-6-30-23-14-21(27)10-11-22(23)31(24(30)32)17-26(18-33-7-2)12-13-29(16-26)25(4,5)20-9-8-19(3)28-15-20/h8-11,14-15H,6-7,12-13,16-18H2,1-5H3/t26-/m1/s1. The molecule has 1 aliphatic rings. The maximum absolute atomic E-state index is 14.0. The average molecular weight is 455 g/mol. The number of hydrogen-bond donors (Lipinski definition) is 0. The number of ether oxygens (including phenoxy) is 1. The molecule has 0 radical (unpaired) electrons. The second-order valence-electron chi connectivity index (χ2n) is 9.80. The highest BCUT2D eigenvalue weighted by atomic mass is 19.1. The van der Waals surface area contributed by atoms with Crippen molar-refractivity contribution < 1.29 is 9.13 Å². The average Bonchev–Trinajstić information content (AvgIpc) is 3.33. The van der Waals surface area contributed by atoms with Crippen molar-refractivity contribution in [1.82, 2.24) is 19.0 Å².